The molecule has 86 valence electrons. The molecule has 3 unspecified atom stereocenters. The SMILES string of the molecule is O=C1CC(CO)CN1C1CCCCC1O. The summed E-state index contributed by atoms with van der Waals surface area (Å²) in [4.78, 5) is 13.5. The molecule has 1 aliphatic carbocycles. The standard InChI is InChI=1S/C11H19NO3/c13-7-8-5-11(15)12(6-8)9-3-1-2-4-10(9)14/h8-10,13-14H,1-7H2. The molecule has 1 amide bonds. The van der Waals surface area contributed by atoms with E-state index in [-0.39, 0.29) is 30.6 Å². The fourth-order valence-corrected chi connectivity index (χ4v) is 2.71. The van der Waals surface area contributed by atoms with Crippen LogP contribution in [0.15, 0.2) is 0 Å². The van der Waals surface area contributed by atoms with E-state index in [1.165, 1.54) is 0 Å². The van der Waals surface area contributed by atoms with Crippen molar-refractivity contribution in [2.45, 2.75) is 44.2 Å². The Hall–Kier alpha value is -0.610. The van der Waals surface area contributed by atoms with Crippen molar-refractivity contribution in [3.8, 4) is 0 Å². The lowest BCUT2D eigenvalue weighted by molar-refractivity contribution is -0.133. The summed E-state index contributed by atoms with van der Waals surface area (Å²) in [5, 5.41) is 18.9. The minimum absolute atomic E-state index is 0.00259. The summed E-state index contributed by atoms with van der Waals surface area (Å²) in [6.07, 6.45) is 3.95. The summed E-state index contributed by atoms with van der Waals surface area (Å²) >= 11 is 0. The fourth-order valence-electron chi connectivity index (χ4n) is 2.71. The predicted octanol–water partition coefficient (Wildman–Crippen LogP) is 0.131. The van der Waals surface area contributed by atoms with Gasteiger partial charge >= 0.3 is 0 Å². The van der Waals surface area contributed by atoms with Crippen LogP contribution in [-0.2, 0) is 4.79 Å². The monoisotopic (exact) mass is 213 g/mol. The third-order valence-electron chi connectivity index (χ3n) is 3.59. The molecule has 2 N–H and O–H groups in total. The zero-order valence-electron chi connectivity index (χ0n) is 8.93. The van der Waals surface area contributed by atoms with Crippen LogP contribution in [0, 0.1) is 5.92 Å². The molecule has 1 heterocycles. The largest absolute Gasteiger partial charge is 0.396 e. The first-order valence-electron chi connectivity index (χ1n) is 5.80. The van der Waals surface area contributed by atoms with E-state index in [1.807, 2.05) is 0 Å². The van der Waals surface area contributed by atoms with Gasteiger partial charge in [0.15, 0.2) is 0 Å². The first-order chi connectivity index (χ1) is 7.22. The molecule has 15 heavy (non-hydrogen) atoms. The molecule has 3 atom stereocenters. The van der Waals surface area contributed by atoms with E-state index in [0.29, 0.717) is 13.0 Å². The van der Waals surface area contributed by atoms with Gasteiger partial charge in [0.25, 0.3) is 0 Å². The molecule has 0 bridgehead atoms. The lowest BCUT2D eigenvalue weighted by Gasteiger charge is -2.35. The molecule has 2 aliphatic rings. The molecule has 0 spiro atoms. The van der Waals surface area contributed by atoms with Crippen molar-refractivity contribution < 1.29 is 15.0 Å². The second-order valence-electron chi connectivity index (χ2n) is 4.72. The predicted molar refractivity (Wildman–Crippen MR) is 55.2 cm³/mol. The smallest absolute Gasteiger partial charge is 0.223 e. The molecule has 2 fully saturated rings. The highest BCUT2D eigenvalue weighted by atomic mass is 16.3. The Morgan fingerprint density at radius 1 is 1.33 bits per heavy atom. The van der Waals surface area contributed by atoms with Crippen molar-refractivity contribution in [1.29, 1.82) is 0 Å². The van der Waals surface area contributed by atoms with E-state index < -0.39 is 0 Å². The van der Waals surface area contributed by atoms with Gasteiger partial charge in [-0.25, -0.2) is 0 Å². The van der Waals surface area contributed by atoms with Crippen LogP contribution in [0.4, 0.5) is 0 Å². The number of hydrogen-bond donors (Lipinski definition) is 2. The maximum Gasteiger partial charge on any atom is 0.223 e. The third kappa shape index (κ3) is 2.16. The maximum absolute atomic E-state index is 11.7. The molecule has 2 rings (SSSR count). The molecule has 0 aromatic carbocycles. The average molecular weight is 213 g/mol. The molecular weight excluding hydrogens is 194 g/mol. The number of carbonyl (C=O) groups excluding carboxylic acids is 1. The summed E-state index contributed by atoms with van der Waals surface area (Å²) in [7, 11) is 0. The molecule has 1 aliphatic heterocycles. The van der Waals surface area contributed by atoms with E-state index >= 15 is 0 Å². The van der Waals surface area contributed by atoms with Crippen molar-refractivity contribution in [3.05, 3.63) is 0 Å². The molecule has 1 saturated carbocycles. The number of amides is 1. The molecular formula is C11H19NO3. The maximum atomic E-state index is 11.7. The molecule has 0 aromatic heterocycles. The van der Waals surface area contributed by atoms with Crippen LogP contribution in [0.25, 0.3) is 0 Å². The van der Waals surface area contributed by atoms with Gasteiger partial charge in [0.2, 0.25) is 5.91 Å². The topological polar surface area (TPSA) is 60.8 Å². The lowest BCUT2D eigenvalue weighted by Crippen LogP contribution is -2.46. The number of rotatable bonds is 2. The van der Waals surface area contributed by atoms with E-state index in [4.69, 9.17) is 5.11 Å². The van der Waals surface area contributed by atoms with Crippen LogP contribution in [-0.4, -0.2) is 46.3 Å². The second-order valence-corrected chi connectivity index (χ2v) is 4.72. The van der Waals surface area contributed by atoms with Gasteiger partial charge in [-0.1, -0.05) is 12.8 Å². The normalized spacial score (nSPS) is 37.3. The number of aliphatic hydroxyl groups excluding tert-OH is 2. The molecule has 4 heteroatoms. The first-order valence-corrected chi connectivity index (χ1v) is 5.80. The van der Waals surface area contributed by atoms with Crippen molar-refractivity contribution in [2.24, 2.45) is 5.92 Å². The summed E-state index contributed by atoms with van der Waals surface area (Å²) < 4.78 is 0. The number of aliphatic hydroxyl groups is 2. The minimum Gasteiger partial charge on any atom is -0.396 e. The molecule has 0 radical (unpaired) electrons. The number of carbonyl (C=O) groups is 1. The highest BCUT2D eigenvalue weighted by molar-refractivity contribution is 5.79. The zero-order valence-corrected chi connectivity index (χ0v) is 8.93. The van der Waals surface area contributed by atoms with E-state index in [1.54, 1.807) is 4.90 Å². The van der Waals surface area contributed by atoms with Crippen molar-refractivity contribution in [1.82, 2.24) is 4.90 Å². The number of nitrogens with zero attached hydrogens (tertiary/aromatic N) is 1. The molecule has 1 saturated heterocycles. The fraction of sp³-hybridized carbons (Fsp3) is 0.909. The van der Waals surface area contributed by atoms with Gasteiger partial charge in [-0.3, -0.25) is 4.79 Å². The van der Waals surface area contributed by atoms with Crippen LogP contribution < -0.4 is 0 Å². The third-order valence-corrected chi connectivity index (χ3v) is 3.59. The van der Waals surface area contributed by atoms with Crippen molar-refractivity contribution in [3.63, 3.8) is 0 Å². The second kappa shape index (κ2) is 4.49. The van der Waals surface area contributed by atoms with Crippen LogP contribution in [0.5, 0.6) is 0 Å². The highest BCUT2D eigenvalue weighted by Crippen LogP contribution is 2.28. The Labute approximate surface area is 89.9 Å². The van der Waals surface area contributed by atoms with Gasteiger partial charge in [-0.05, 0) is 12.8 Å². The Morgan fingerprint density at radius 3 is 2.67 bits per heavy atom. The first kappa shape index (κ1) is 10.9. The van der Waals surface area contributed by atoms with E-state index in [9.17, 15) is 9.90 Å². The highest BCUT2D eigenvalue weighted by Gasteiger charge is 2.37. The summed E-state index contributed by atoms with van der Waals surface area (Å²) in [6.45, 7) is 0.697. The van der Waals surface area contributed by atoms with Crippen LogP contribution in [0.1, 0.15) is 32.1 Å². The summed E-state index contributed by atoms with van der Waals surface area (Å²) in [5.74, 6) is 0.173. The van der Waals surface area contributed by atoms with Gasteiger partial charge in [0.1, 0.15) is 0 Å². The molecule has 4 nitrogen and oxygen atoms in total. The number of hydrogen-bond acceptors (Lipinski definition) is 3. The van der Waals surface area contributed by atoms with Crippen LogP contribution in [0.2, 0.25) is 0 Å². The Kier molecular flexibility index (Phi) is 3.26. The van der Waals surface area contributed by atoms with Gasteiger partial charge < -0.3 is 15.1 Å². The zero-order chi connectivity index (χ0) is 10.8. The van der Waals surface area contributed by atoms with Crippen molar-refractivity contribution >= 4 is 5.91 Å². The van der Waals surface area contributed by atoms with Gasteiger partial charge in [-0.2, -0.15) is 0 Å². The van der Waals surface area contributed by atoms with E-state index in [2.05, 4.69) is 0 Å². The summed E-state index contributed by atoms with van der Waals surface area (Å²) in [6, 6.07) is 0.00259. The Balaban J connectivity index is 2.00. The Bertz CT molecular complexity index is 244. The van der Waals surface area contributed by atoms with E-state index in [0.717, 1.165) is 25.7 Å². The molecule has 0 aromatic rings. The van der Waals surface area contributed by atoms with Crippen LogP contribution >= 0.6 is 0 Å². The lowest BCUT2D eigenvalue weighted by atomic mass is 9.91. The summed E-state index contributed by atoms with van der Waals surface area (Å²) in [5.41, 5.74) is 0. The Morgan fingerprint density at radius 2 is 2.07 bits per heavy atom. The number of likely N-dealkylation sites (tertiary alicyclic amines) is 1. The quantitative estimate of drug-likeness (QED) is 0.685. The van der Waals surface area contributed by atoms with Gasteiger partial charge in [0, 0.05) is 25.5 Å². The average Bonchev–Trinajstić information content (AvgIpc) is 2.60. The van der Waals surface area contributed by atoms with Gasteiger partial charge in [-0.15, -0.1) is 0 Å². The van der Waals surface area contributed by atoms with Crippen molar-refractivity contribution in [2.75, 3.05) is 13.2 Å². The van der Waals surface area contributed by atoms with Gasteiger partial charge in [0.05, 0.1) is 12.1 Å². The van der Waals surface area contributed by atoms with Crippen LogP contribution in [0.3, 0.4) is 0 Å². The minimum atomic E-state index is -0.361.